The smallest absolute Gasteiger partial charge is 0.0464 e. The van der Waals surface area contributed by atoms with Gasteiger partial charge >= 0.3 is 0 Å². The number of aliphatic hydroxyl groups is 1. The summed E-state index contributed by atoms with van der Waals surface area (Å²) in [6, 6.07) is 0. The van der Waals surface area contributed by atoms with Gasteiger partial charge in [-0.2, -0.15) is 0 Å². The van der Waals surface area contributed by atoms with E-state index >= 15 is 0 Å². The van der Waals surface area contributed by atoms with Crippen LogP contribution in [-0.4, -0.2) is 11.7 Å². The summed E-state index contributed by atoms with van der Waals surface area (Å²) in [4.78, 5) is 0. The average molecular weight is 196 g/mol. The highest BCUT2D eigenvalue weighted by Gasteiger charge is 2.51. The molecule has 1 saturated carbocycles. The molecule has 1 heteroatoms. The van der Waals surface area contributed by atoms with Crippen molar-refractivity contribution in [3.05, 3.63) is 12.7 Å². The highest BCUT2D eigenvalue weighted by molar-refractivity contribution is 5.04. The first-order chi connectivity index (χ1) is 6.79. The lowest BCUT2D eigenvalue weighted by Crippen LogP contribution is -2.05. The number of unbranched alkanes of at least 4 members (excludes halogenated alkanes) is 3. The van der Waals surface area contributed by atoms with Gasteiger partial charge in [0.05, 0.1) is 0 Å². The predicted octanol–water partition coefficient (Wildman–Crippen LogP) is 3.53. The number of rotatable bonds is 8. The minimum atomic E-state index is 0.377. The van der Waals surface area contributed by atoms with Crippen LogP contribution < -0.4 is 0 Å². The summed E-state index contributed by atoms with van der Waals surface area (Å²) in [6.45, 7) is 6.44. The molecule has 0 amide bonds. The summed E-state index contributed by atoms with van der Waals surface area (Å²) < 4.78 is 0. The zero-order valence-corrected chi connectivity index (χ0v) is 9.47. The van der Waals surface area contributed by atoms with Crippen LogP contribution in [0.25, 0.3) is 0 Å². The molecule has 0 aromatic heterocycles. The molecule has 1 rings (SSSR count). The Morgan fingerprint density at radius 1 is 1.43 bits per heavy atom. The SMILES string of the molecule is C=CC[C@@]1(CCCCCC)CC1CO. The zero-order valence-electron chi connectivity index (χ0n) is 9.47. The predicted molar refractivity (Wildman–Crippen MR) is 61.2 cm³/mol. The van der Waals surface area contributed by atoms with E-state index in [0.29, 0.717) is 17.9 Å². The fourth-order valence-corrected chi connectivity index (χ4v) is 2.54. The topological polar surface area (TPSA) is 20.2 Å². The third-order valence-electron chi connectivity index (χ3n) is 3.66. The van der Waals surface area contributed by atoms with E-state index in [9.17, 15) is 0 Å². The maximum atomic E-state index is 9.14. The second-order valence-corrected chi connectivity index (χ2v) is 4.75. The van der Waals surface area contributed by atoms with Crippen molar-refractivity contribution in [3.63, 3.8) is 0 Å². The van der Waals surface area contributed by atoms with Crippen LogP contribution in [0.15, 0.2) is 12.7 Å². The second-order valence-electron chi connectivity index (χ2n) is 4.75. The monoisotopic (exact) mass is 196 g/mol. The lowest BCUT2D eigenvalue weighted by molar-refractivity contribution is 0.242. The summed E-state index contributed by atoms with van der Waals surface area (Å²) in [5.74, 6) is 0.571. The normalized spacial score (nSPS) is 30.3. The lowest BCUT2D eigenvalue weighted by Gasteiger charge is -2.14. The van der Waals surface area contributed by atoms with Crippen molar-refractivity contribution in [1.29, 1.82) is 0 Å². The molecule has 0 heterocycles. The highest BCUT2D eigenvalue weighted by Crippen LogP contribution is 2.58. The van der Waals surface area contributed by atoms with Crippen LogP contribution in [0.1, 0.15) is 51.9 Å². The van der Waals surface area contributed by atoms with Gasteiger partial charge in [-0.15, -0.1) is 6.58 Å². The molecular weight excluding hydrogens is 172 g/mol. The second kappa shape index (κ2) is 5.55. The molecule has 0 saturated heterocycles. The van der Waals surface area contributed by atoms with E-state index in [0.717, 1.165) is 6.42 Å². The van der Waals surface area contributed by atoms with Crippen molar-refractivity contribution in [2.45, 2.75) is 51.9 Å². The molecule has 1 N–H and O–H groups in total. The minimum Gasteiger partial charge on any atom is -0.396 e. The molecule has 1 fully saturated rings. The molecular formula is C13H24O. The number of hydrogen-bond donors (Lipinski definition) is 1. The van der Waals surface area contributed by atoms with E-state index < -0.39 is 0 Å². The summed E-state index contributed by atoms with van der Waals surface area (Å²) >= 11 is 0. The van der Waals surface area contributed by atoms with Crippen molar-refractivity contribution in [3.8, 4) is 0 Å². The Morgan fingerprint density at radius 2 is 2.21 bits per heavy atom. The van der Waals surface area contributed by atoms with Gasteiger partial charge in [-0.25, -0.2) is 0 Å². The van der Waals surface area contributed by atoms with Crippen LogP contribution in [0.4, 0.5) is 0 Å². The maximum Gasteiger partial charge on any atom is 0.0464 e. The molecule has 0 aromatic carbocycles. The van der Waals surface area contributed by atoms with Crippen molar-refractivity contribution >= 4 is 0 Å². The first-order valence-corrected chi connectivity index (χ1v) is 6.01. The van der Waals surface area contributed by atoms with Crippen molar-refractivity contribution in [1.82, 2.24) is 0 Å². The lowest BCUT2D eigenvalue weighted by atomic mass is 9.92. The van der Waals surface area contributed by atoms with E-state index in [1.54, 1.807) is 0 Å². The Bertz CT molecular complexity index is 176. The van der Waals surface area contributed by atoms with Crippen LogP contribution in [0.3, 0.4) is 0 Å². The molecule has 1 unspecified atom stereocenters. The van der Waals surface area contributed by atoms with Gasteiger partial charge in [0.25, 0.3) is 0 Å². The quantitative estimate of drug-likeness (QED) is 0.465. The standard InChI is InChI=1S/C13H24O/c1-3-5-6-7-9-13(8-4-2)10-12(13)11-14/h4,12,14H,2-3,5-11H2,1H3/t12?,13-/m1/s1. The number of aliphatic hydroxyl groups excluding tert-OH is 1. The Labute approximate surface area is 88.2 Å². The van der Waals surface area contributed by atoms with Gasteiger partial charge in [-0.05, 0) is 30.6 Å². The minimum absolute atomic E-state index is 0.377. The average Bonchev–Trinajstić information content (AvgIpc) is 2.88. The fraction of sp³-hybridized carbons (Fsp3) is 0.846. The van der Waals surface area contributed by atoms with Gasteiger partial charge in [0.1, 0.15) is 0 Å². The molecule has 0 radical (unpaired) electrons. The number of allylic oxidation sites excluding steroid dienone is 1. The molecule has 0 bridgehead atoms. The fourth-order valence-electron chi connectivity index (χ4n) is 2.54. The molecule has 14 heavy (non-hydrogen) atoms. The van der Waals surface area contributed by atoms with Crippen molar-refractivity contribution in [2.75, 3.05) is 6.61 Å². The first kappa shape index (κ1) is 11.8. The zero-order chi connectivity index (χ0) is 10.4. The highest BCUT2D eigenvalue weighted by atomic mass is 16.3. The molecule has 0 aromatic rings. The van der Waals surface area contributed by atoms with E-state index in [2.05, 4.69) is 13.5 Å². The van der Waals surface area contributed by atoms with Gasteiger partial charge in [0.2, 0.25) is 0 Å². The van der Waals surface area contributed by atoms with Crippen molar-refractivity contribution in [2.24, 2.45) is 11.3 Å². The van der Waals surface area contributed by atoms with Gasteiger partial charge in [0.15, 0.2) is 0 Å². The third kappa shape index (κ3) is 2.84. The molecule has 1 aliphatic rings. The van der Waals surface area contributed by atoms with Gasteiger partial charge < -0.3 is 5.11 Å². The molecule has 0 aliphatic heterocycles. The Hall–Kier alpha value is -0.300. The molecule has 82 valence electrons. The van der Waals surface area contributed by atoms with Crippen molar-refractivity contribution < 1.29 is 5.11 Å². The molecule has 0 spiro atoms. The molecule has 1 nitrogen and oxygen atoms in total. The van der Waals surface area contributed by atoms with Crippen LogP contribution in [0, 0.1) is 11.3 Å². The first-order valence-electron chi connectivity index (χ1n) is 6.01. The van der Waals surface area contributed by atoms with E-state index in [-0.39, 0.29) is 0 Å². The Balaban J connectivity index is 2.21. The Kier molecular flexibility index (Phi) is 4.67. The molecule has 1 aliphatic carbocycles. The van der Waals surface area contributed by atoms with Crippen LogP contribution >= 0.6 is 0 Å². The van der Waals surface area contributed by atoms with Crippen LogP contribution in [-0.2, 0) is 0 Å². The third-order valence-corrected chi connectivity index (χ3v) is 3.66. The largest absolute Gasteiger partial charge is 0.396 e. The van der Waals surface area contributed by atoms with Crippen LogP contribution in [0.5, 0.6) is 0 Å². The number of hydrogen-bond acceptors (Lipinski definition) is 1. The van der Waals surface area contributed by atoms with Crippen LogP contribution in [0.2, 0.25) is 0 Å². The van der Waals surface area contributed by atoms with Gasteiger partial charge in [-0.3, -0.25) is 0 Å². The van der Waals surface area contributed by atoms with E-state index in [1.165, 1.54) is 38.5 Å². The van der Waals surface area contributed by atoms with Gasteiger partial charge in [-0.1, -0.05) is 38.7 Å². The van der Waals surface area contributed by atoms with E-state index in [1.807, 2.05) is 6.08 Å². The van der Waals surface area contributed by atoms with Gasteiger partial charge in [0, 0.05) is 6.61 Å². The molecule has 2 atom stereocenters. The summed E-state index contributed by atoms with van der Waals surface area (Å²) in [5.41, 5.74) is 0.449. The summed E-state index contributed by atoms with van der Waals surface area (Å²) in [5, 5.41) is 9.14. The Morgan fingerprint density at radius 3 is 2.71 bits per heavy atom. The maximum absolute atomic E-state index is 9.14. The van der Waals surface area contributed by atoms with E-state index in [4.69, 9.17) is 5.11 Å². The summed E-state index contributed by atoms with van der Waals surface area (Å²) in [7, 11) is 0. The summed E-state index contributed by atoms with van der Waals surface area (Å²) in [6.07, 6.45) is 11.0.